The van der Waals surface area contributed by atoms with Crippen molar-refractivity contribution >= 4 is 17.7 Å². The predicted molar refractivity (Wildman–Crippen MR) is 109 cm³/mol. The molecule has 2 heterocycles. The van der Waals surface area contributed by atoms with Crippen LogP contribution in [0.2, 0.25) is 0 Å². The Labute approximate surface area is 169 Å². The Bertz CT molecular complexity index is 980. The van der Waals surface area contributed by atoms with Crippen molar-refractivity contribution in [2.75, 3.05) is 18.6 Å². The van der Waals surface area contributed by atoms with E-state index in [0.717, 1.165) is 41.6 Å². The van der Waals surface area contributed by atoms with Crippen LogP contribution in [0.3, 0.4) is 0 Å². The van der Waals surface area contributed by atoms with Gasteiger partial charge in [0.05, 0.1) is 11.2 Å². The predicted octanol–water partition coefficient (Wildman–Crippen LogP) is 3.48. The molecule has 7 nitrogen and oxygen atoms in total. The smallest absolute Gasteiger partial charge is 0.405 e. The van der Waals surface area contributed by atoms with E-state index in [4.69, 9.17) is 4.74 Å². The van der Waals surface area contributed by atoms with Crippen LogP contribution in [0, 0.1) is 0 Å². The molecule has 1 saturated carbocycles. The van der Waals surface area contributed by atoms with Crippen LogP contribution in [-0.4, -0.2) is 35.7 Å². The van der Waals surface area contributed by atoms with Gasteiger partial charge >= 0.3 is 6.09 Å². The molecule has 0 bridgehead atoms. The van der Waals surface area contributed by atoms with Gasteiger partial charge in [-0.2, -0.15) is 0 Å². The Balaban J connectivity index is 1.72. The quantitative estimate of drug-likeness (QED) is 0.759. The number of hydrogen-bond acceptors (Lipinski definition) is 4. The number of nitrogens with zero attached hydrogens (tertiary/aromatic N) is 2. The first-order valence-electron chi connectivity index (χ1n) is 9.60. The Morgan fingerprint density at radius 2 is 2.10 bits per heavy atom. The summed E-state index contributed by atoms with van der Waals surface area (Å²) in [6, 6.07) is 9.75. The van der Waals surface area contributed by atoms with Crippen LogP contribution in [0.25, 0.3) is 11.3 Å². The van der Waals surface area contributed by atoms with Gasteiger partial charge in [-0.15, -0.1) is 6.58 Å². The first-order chi connectivity index (χ1) is 13.9. The standard InChI is InChI=1S/C22H23N3O4/c1-3-5-15-12-17-20(29-13-18(26)25(17)2)23-19(15)14-6-8-16(9-7-14)22(10-4-11-22)24-21(27)28/h3,6-9,12,24H,1,4-5,10-11,13H2,2H3,(H,27,28). The fourth-order valence-corrected chi connectivity index (χ4v) is 3.96. The lowest BCUT2D eigenvalue weighted by Gasteiger charge is -2.42. The molecule has 0 radical (unpaired) electrons. The van der Waals surface area contributed by atoms with Gasteiger partial charge in [0.1, 0.15) is 5.69 Å². The molecule has 0 saturated heterocycles. The number of carbonyl (C=O) groups is 2. The van der Waals surface area contributed by atoms with Gasteiger partial charge in [0.25, 0.3) is 5.91 Å². The lowest BCUT2D eigenvalue weighted by atomic mass is 9.71. The second kappa shape index (κ2) is 7.24. The fourth-order valence-electron chi connectivity index (χ4n) is 3.96. The van der Waals surface area contributed by atoms with Crippen LogP contribution < -0.4 is 15.0 Å². The SMILES string of the molecule is C=CCc1cc2c(nc1-c1ccc(C3(NC(=O)O)CCC3)cc1)OCC(=O)N2C. The van der Waals surface area contributed by atoms with E-state index in [-0.39, 0.29) is 12.5 Å². The molecular weight excluding hydrogens is 370 g/mol. The van der Waals surface area contributed by atoms with Crippen LogP contribution in [0.5, 0.6) is 5.88 Å². The van der Waals surface area contributed by atoms with Crippen molar-refractivity contribution in [2.45, 2.75) is 31.2 Å². The second-order valence-corrected chi connectivity index (χ2v) is 7.50. The number of hydrogen-bond donors (Lipinski definition) is 2. The molecule has 4 rings (SSSR count). The van der Waals surface area contributed by atoms with E-state index in [1.807, 2.05) is 30.3 Å². The highest BCUT2D eigenvalue weighted by Gasteiger charge is 2.40. The fraction of sp³-hybridized carbons (Fsp3) is 0.318. The summed E-state index contributed by atoms with van der Waals surface area (Å²) in [6.45, 7) is 3.80. The summed E-state index contributed by atoms with van der Waals surface area (Å²) in [6.07, 6.45) is 3.99. The third-order valence-corrected chi connectivity index (χ3v) is 5.74. The van der Waals surface area contributed by atoms with Crippen LogP contribution in [0.4, 0.5) is 10.5 Å². The summed E-state index contributed by atoms with van der Waals surface area (Å²) >= 11 is 0. The third-order valence-electron chi connectivity index (χ3n) is 5.74. The van der Waals surface area contributed by atoms with Crippen LogP contribution in [0.15, 0.2) is 43.0 Å². The van der Waals surface area contributed by atoms with Crippen molar-refractivity contribution in [3.63, 3.8) is 0 Å². The normalized spacial score (nSPS) is 17.0. The lowest BCUT2D eigenvalue weighted by molar-refractivity contribution is -0.121. The van der Waals surface area contributed by atoms with Crippen molar-refractivity contribution in [3.8, 4) is 17.1 Å². The highest BCUT2D eigenvalue weighted by molar-refractivity contribution is 5.97. The van der Waals surface area contributed by atoms with Crippen LogP contribution >= 0.6 is 0 Å². The van der Waals surface area contributed by atoms with E-state index in [0.29, 0.717) is 18.0 Å². The molecule has 1 aliphatic carbocycles. The molecule has 150 valence electrons. The maximum absolute atomic E-state index is 11.9. The van der Waals surface area contributed by atoms with Gasteiger partial charge in [-0.25, -0.2) is 9.78 Å². The summed E-state index contributed by atoms with van der Waals surface area (Å²) in [5.74, 6) is 0.319. The number of fused-ring (bicyclic) bond motifs is 1. The monoisotopic (exact) mass is 393 g/mol. The molecule has 2 aromatic rings. The highest BCUT2D eigenvalue weighted by Crippen LogP contribution is 2.42. The number of aromatic nitrogens is 1. The maximum Gasteiger partial charge on any atom is 0.405 e. The van der Waals surface area contributed by atoms with Crippen LogP contribution in [-0.2, 0) is 16.8 Å². The van der Waals surface area contributed by atoms with Gasteiger partial charge in [0, 0.05) is 12.6 Å². The average Bonchev–Trinajstić information content (AvgIpc) is 2.68. The molecule has 2 aliphatic rings. The first-order valence-corrected chi connectivity index (χ1v) is 9.60. The maximum atomic E-state index is 11.9. The summed E-state index contributed by atoms with van der Waals surface area (Å²) in [5.41, 5.74) is 3.73. The number of amides is 2. The molecule has 1 aliphatic heterocycles. The van der Waals surface area contributed by atoms with Gasteiger partial charge in [-0.05, 0) is 42.9 Å². The lowest BCUT2D eigenvalue weighted by Crippen LogP contribution is -2.50. The number of ether oxygens (including phenoxy) is 1. The molecule has 0 unspecified atom stereocenters. The van der Waals surface area contributed by atoms with Gasteiger partial charge in [-0.1, -0.05) is 30.3 Å². The summed E-state index contributed by atoms with van der Waals surface area (Å²) in [5, 5.41) is 11.9. The summed E-state index contributed by atoms with van der Waals surface area (Å²) < 4.78 is 5.55. The number of nitrogens with one attached hydrogen (secondary N) is 1. The Morgan fingerprint density at radius 3 is 2.69 bits per heavy atom. The first kappa shape index (κ1) is 19.0. The van der Waals surface area contributed by atoms with Crippen molar-refractivity contribution < 1.29 is 19.4 Å². The Morgan fingerprint density at radius 1 is 1.38 bits per heavy atom. The topological polar surface area (TPSA) is 91.8 Å². The minimum Gasteiger partial charge on any atom is -0.466 e. The molecule has 1 aromatic carbocycles. The van der Waals surface area contributed by atoms with Crippen LogP contribution in [0.1, 0.15) is 30.4 Å². The number of carbonyl (C=O) groups excluding carboxylic acids is 1. The van der Waals surface area contributed by atoms with Crippen molar-refractivity contribution in [1.29, 1.82) is 0 Å². The summed E-state index contributed by atoms with van der Waals surface area (Å²) in [4.78, 5) is 29.4. The molecule has 0 spiro atoms. The van der Waals surface area contributed by atoms with E-state index in [9.17, 15) is 14.7 Å². The molecule has 2 N–H and O–H groups in total. The van der Waals surface area contributed by atoms with E-state index < -0.39 is 11.6 Å². The molecule has 1 aromatic heterocycles. The third kappa shape index (κ3) is 3.33. The van der Waals surface area contributed by atoms with Gasteiger partial charge in [0.2, 0.25) is 5.88 Å². The number of allylic oxidation sites excluding steroid dienone is 1. The van der Waals surface area contributed by atoms with E-state index in [2.05, 4.69) is 16.9 Å². The van der Waals surface area contributed by atoms with Crippen molar-refractivity contribution in [2.24, 2.45) is 0 Å². The number of benzene rings is 1. The average molecular weight is 393 g/mol. The summed E-state index contributed by atoms with van der Waals surface area (Å²) in [7, 11) is 1.71. The zero-order valence-corrected chi connectivity index (χ0v) is 16.3. The van der Waals surface area contributed by atoms with Gasteiger partial charge in [-0.3, -0.25) is 4.79 Å². The Kier molecular flexibility index (Phi) is 4.74. The minimum absolute atomic E-state index is 0.0287. The highest BCUT2D eigenvalue weighted by atomic mass is 16.5. The molecular formula is C22H23N3O4. The van der Waals surface area contributed by atoms with E-state index >= 15 is 0 Å². The zero-order valence-electron chi connectivity index (χ0n) is 16.3. The van der Waals surface area contributed by atoms with Gasteiger partial charge in [0.15, 0.2) is 6.61 Å². The number of anilines is 1. The molecule has 2 amide bonds. The van der Waals surface area contributed by atoms with Crippen molar-refractivity contribution in [1.82, 2.24) is 10.3 Å². The molecule has 7 heteroatoms. The zero-order chi connectivity index (χ0) is 20.6. The number of rotatable bonds is 5. The van der Waals surface area contributed by atoms with E-state index in [1.54, 1.807) is 18.0 Å². The molecule has 0 atom stereocenters. The second-order valence-electron chi connectivity index (χ2n) is 7.50. The van der Waals surface area contributed by atoms with E-state index in [1.165, 1.54) is 0 Å². The number of pyridine rings is 1. The largest absolute Gasteiger partial charge is 0.466 e. The van der Waals surface area contributed by atoms with Crippen molar-refractivity contribution in [3.05, 3.63) is 54.1 Å². The Hall–Kier alpha value is -3.35. The molecule has 29 heavy (non-hydrogen) atoms. The van der Waals surface area contributed by atoms with Gasteiger partial charge < -0.3 is 20.1 Å². The minimum atomic E-state index is -1.01. The number of likely N-dealkylation sites (N-methyl/N-ethyl adjacent to an activating group) is 1. The number of carboxylic acid groups (broad SMARTS) is 1. The molecule has 1 fully saturated rings.